The minimum Gasteiger partial charge on any atom is -0.338 e. The zero-order valence-electron chi connectivity index (χ0n) is 9.50. The van der Waals surface area contributed by atoms with Crippen LogP contribution in [0.15, 0.2) is 23.0 Å². The van der Waals surface area contributed by atoms with Gasteiger partial charge in [0, 0.05) is 25.7 Å². The maximum atomic E-state index is 11.7. The third-order valence-corrected chi connectivity index (χ3v) is 2.17. The fourth-order valence-corrected chi connectivity index (χ4v) is 1.41. The summed E-state index contributed by atoms with van der Waals surface area (Å²) in [6, 6.07) is 7.58. The molecule has 17 heavy (non-hydrogen) atoms. The van der Waals surface area contributed by atoms with Gasteiger partial charge in [-0.25, -0.2) is 4.79 Å². The van der Waals surface area contributed by atoms with Crippen LogP contribution in [-0.4, -0.2) is 34.7 Å². The molecule has 0 radical (unpaired) electrons. The Kier molecular flexibility index (Phi) is 2.71. The molecule has 5 nitrogen and oxygen atoms in total. The molecule has 2 aromatic rings. The Balaban J connectivity index is 2.40. The summed E-state index contributed by atoms with van der Waals surface area (Å²) in [5, 5.41) is 0. The predicted molar refractivity (Wildman–Crippen MR) is 64.7 cm³/mol. The lowest BCUT2D eigenvalue weighted by atomic mass is 10.1. The van der Waals surface area contributed by atoms with Crippen LogP contribution in [0.5, 0.6) is 0 Å². The van der Waals surface area contributed by atoms with Gasteiger partial charge in [-0.15, -0.1) is 0 Å². The van der Waals surface area contributed by atoms with Crippen LogP contribution in [0.3, 0.4) is 0 Å². The van der Waals surface area contributed by atoms with Crippen molar-refractivity contribution in [2.75, 3.05) is 14.1 Å². The summed E-state index contributed by atoms with van der Waals surface area (Å²) >= 11 is 0. The lowest BCUT2D eigenvalue weighted by molar-refractivity contribution is 0.105. The summed E-state index contributed by atoms with van der Waals surface area (Å²) in [4.78, 5) is 29.6. The molecule has 86 valence electrons. The minimum absolute atomic E-state index is 0.275. The van der Waals surface area contributed by atoms with Crippen molar-refractivity contribution < 1.29 is 4.79 Å². The lowest BCUT2D eigenvalue weighted by Gasteiger charge is -1.97. The van der Waals surface area contributed by atoms with Crippen LogP contribution in [0.25, 0.3) is 11.0 Å². The number of ketones is 1. The van der Waals surface area contributed by atoms with Gasteiger partial charge in [0.2, 0.25) is 5.78 Å². The fourth-order valence-electron chi connectivity index (χ4n) is 1.41. The number of nitrogens with one attached hydrogen (secondary N) is 2. The number of H-pyrrole nitrogens is 2. The van der Waals surface area contributed by atoms with Crippen molar-refractivity contribution in [2.24, 2.45) is 0 Å². The fraction of sp³-hybridized carbons (Fsp3) is 0.167. The van der Waals surface area contributed by atoms with Crippen LogP contribution in [0.2, 0.25) is 0 Å². The summed E-state index contributed by atoms with van der Waals surface area (Å²) < 4.78 is 0. The first-order chi connectivity index (χ1) is 8.06. The largest absolute Gasteiger partial charge is 0.338 e. The smallest absolute Gasteiger partial charge is 0.323 e. The van der Waals surface area contributed by atoms with Gasteiger partial charge < -0.3 is 14.9 Å². The molecule has 0 bridgehead atoms. The Morgan fingerprint density at radius 1 is 1.24 bits per heavy atom. The number of imidazole rings is 1. The zero-order chi connectivity index (χ0) is 12.4. The summed E-state index contributed by atoms with van der Waals surface area (Å²) in [7, 11) is 3.51. The molecule has 0 amide bonds. The van der Waals surface area contributed by atoms with Crippen LogP contribution in [0.1, 0.15) is 10.4 Å². The predicted octanol–water partition coefficient (Wildman–Crippen LogP) is 0.561. The normalized spacial score (nSPS) is 9.76. The van der Waals surface area contributed by atoms with E-state index in [1.165, 1.54) is 0 Å². The number of carbonyl (C=O) groups is 1. The second kappa shape index (κ2) is 4.18. The average molecular weight is 229 g/mol. The van der Waals surface area contributed by atoms with E-state index < -0.39 is 0 Å². The number of Topliss-reactive ketones (excluding diaryl/α,β-unsaturated/α-hetero) is 1. The number of rotatable bonds is 1. The van der Waals surface area contributed by atoms with Crippen LogP contribution in [-0.2, 0) is 0 Å². The van der Waals surface area contributed by atoms with E-state index in [0.29, 0.717) is 16.6 Å². The second-order valence-electron chi connectivity index (χ2n) is 3.80. The number of nitrogens with zero attached hydrogens (tertiary/aromatic N) is 1. The van der Waals surface area contributed by atoms with Gasteiger partial charge in [-0.05, 0) is 24.1 Å². The molecule has 0 aliphatic rings. The molecule has 0 unspecified atom stereocenters. The molecule has 0 atom stereocenters. The molecule has 1 heterocycles. The van der Waals surface area contributed by atoms with Gasteiger partial charge in [0.25, 0.3) is 0 Å². The van der Waals surface area contributed by atoms with Crippen molar-refractivity contribution in [1.82, 2.24) is 14.9 Å². The molecule has 0 aliphatic heterocycles. The molecular weight excluding hydrogens is 218 g/mol. The van der Waals surface area contributed by atoms with E-state index in [-0.39, 0.29) is 11.5 Å². The molecule has 2 N–H and O–H groups in total. The van der Waals surface area contributed by atoms with Gasteiger partial charge in [-0.1, -0.05) is 0 Å². The first kappa shape index (κ1) is 11.0. The molecule has 0 saturated heterocycles. The molecule has 2 rings (SSSR count). The highest BCUT2D eigenvalue weighted by Crippen LogP contribution is 2.10. The number of aromatic nitrogens is 2. The SMILES string of the molecule is CN(C)C#CC(=O)c1ccc2[nH]c(=O)[nH]c2c1. The zero-order valence-corrected chi connectivity index (χ0v) is 9.50. The van der Waals surface area contributed by atoms with E-state index >= 15 is 0 Å². The Hall–Kier alpha value is -2.48. The highest BCUT2D eigenvalue weighted by molar-refractivity contribution is 6.10. The molecular formula is C12H11N3O2. The number of hydrogen-bond donors (Lipinski definition) is 2. The van der Waals surface area contributed by atoms with E-state index in [9.17, 15) is 9.59 Å². The molecule has 1 aromatic heterocycles. The summed E-state index contributed by atoms with van der Waals surface area (Å²) in [6.07, 6.45) is 0. The van der Waals surface area contributed by atoms with E-state index in [1.54, 1.807) is 37.2 Å². The lowest BCUT2D eigenvalue weighted by Crippen LogP contribution is -2.03. The Morgan fingerprint density at radius 2 is 1.94 bits per heavy atom. The summed E-state index contributed by atoms with van der Waals surface area (Å²) in [5.74, 6) is 2.23. The number of hydrogen-bond acceptors (Lipinski definition) is 3. The Morgan fingerprint density at radius 3 is 2.65 bits per heavy atom. The second-order valence-corrected chi connectivity index (χ2v) is 3.80. The van der Waals surface area contributed by atoms with Crippen LogP contribution in [0.4, 0.5) is 0 Å². The van der Waals surface area contributed by atoms with Crippen LogP contribution in [0, 0.1) is 12.0 Å². The van der Waals surface area contributed by atoms with E-state index in [0.717, 1.165) is 0 Å². The number of fused-ring (bicyclic) bond motifs is 1. The van der Waals surface area contributed by atoms with Gasteiger partial charge >= 0.3 is 5.69 Å². The first-order valence-electron chi connectivity index (χ1n) is 5.01. The first-order valence-corrected chi connectivity index (χ1v) is 5.01. The molecule has 0 fully saturated rings. The van der Waals surface area contributed by atoms with E-state index in [1.807, 2.05) is 0 Å². The Bertz CT molecular complexity index is 683. The molecule has 0 saturated carbocycles. The highest BCUT2D eigenvalue weighted by atomic mass is 16.1. The van der Waals surface area contributed by atoms with Gasteiger partial charge in [-0.3, -0.25) is 4.79 Å². The number of benzene rings is 1. The highest BCUT2D eigenvalue weighted by Gasteiger charge is 2.05. The minimum atomic E-state index is -0.288. The van der Waals surface area contributed by atoms with Gasteiger partial charge in [0.05, 0.1) is 11.0 Å². The molecule has 1 aromatic carbocycles. The summed E-state index contributed by atoms with van der Waals surface area (Å²) in [5.41, 5.74) is 1.45. The van der Waals surface area contributed by atoms with Crippen LogP contribution < -0.4 is 5.69 Å². The quantitative estimate of drug-likeness (QED) is 0.426. The van der Waals surface area contributed by atoms with Gasteiger partial charge in [-0.2, -0.15) is 0 Å². The Labute approximate surface area is 97.4 Å². The topological polar surface area (TPSA) is 69.0 Å². The van der Waals surface area contributed by atoms with Crippen molar-refractivity contribution in [1.29, 1.82) is 0 Å². The third kappa shape index (κ3) is 2.37. The van der Waals surface area contributed by atoms with Gasteiger partial charge in [0.1, 0.15) is 0 Å². The van der Waals surface area contributed by atoms with Crippen molar-refractivity contribution in [3.63, 3.8) is 0 Å². The van der Waals surface area contributed by atoms with Crippen molar-refractivity contribution >= 4 is 16.8 Å². The molecule has 0 spiro atoms. The number of aromatic amines is 2. The summed E-state index contributed by atoms with van der Waals surface area (Å²) in [6.45, 7) is 0. The monoisotopic (exact) mass is 229 g/mol. The maximum absolute atomic E-state index is 11.7. The van der Waals surface area contributed by atoms with Gasteiger partial charge in [0.15, 0.2) is 0 Å². The number of carbonyl (C=O) groups excluding carboxylic acids is 1. The van der Waals surface area contributed by atoms with Crippen molar-refractivity contribution in [2.45, 2.75) is 0 Å². The maximum Gasteiger partial charge on any atom is 0.323 e. The van der Waals surface area contributed by atoms with Crippen molar-refractivity contribution in [3.05, 3.63) is 34.2 Å². The average Bonchev–Trinajstić information content (AvgIpc) is 2.64. The third-order valence-electron chi connectivity index (χ3n) is 2.17. The van der Waals surface area contributed by atoms with E-state index in [4.69, 9.17) is 0 Å². The molecule has 5 heteroatoms. The van der Waals surface area contributed by atoms with Crippen molar-refractivity contribution in [3.8, 4) is 12.0 Å². The standard InChI is InChI=1S/C12H11N3O2/c1-15(2)6-5-11(16)8-3-4-9-10(7-8)14-12(17)13-9/h3-4,7H,1-2H3,(H2,13,14,17). The van der Waals surface area contributed by atoms with Crippen LogP contribution >= 0.6 is 0 Å². The van der Waals surface area contributed by atoms with E-state index in [2.05, 4.69) is 21.9 Å². The molecule has 0 aliphatic carbocycles.